The Morgan fingerprint density at radius 3 is 2.50 bits per heavy atom. The Labute approximate surface area is 137 Å². The molecular formula is C15H18N2O7. The molecule has 9 heteroatoms. The minimum absolute atomic E-state index is 0.0755. The van der Waals surface area contributed by atoms with Crippen molar-refractivity contribution in [3.63, 3.8) is 0 Å². The van der Waals surface area contributed by atoms with Crippen molar-refractivity contribution in [2.75, 3.05) is 20.3 Å². The van der Waals surface area contributed by atoms with Crippen LogP contribution in [0.3, 0.4) is 0 Å². The Morgan fingerprint density at radius 1 is 1.38 bits per heavy atom. The number of hydrogen-bond acceptors (Lipinski definition) is 6. The van der Waals surface area contributed by atoms with Crippen LogP contribution in [0.25, 0.3) is 0 Å². The van der Waals surface area contributed by atoms with Crippen LogP contribution in [0.1, 0.15) is 30.1 Å². The minimum atomic E-state index is -0.985. The number of carbonyl (C=O) groups excluding carboxylic acids is 1. The first-order valence-electron chi connectivity index (χ1n) is 7.35. The Bertz CT molecular complexity index is 683. The molecule has 0 atom stereocenters. The summed E-state index contributed by atoms with van der Waals surface area (Å²) in [5, 5.41) is 22.8. The maximum absolute atomic E-state index is 12.3. The quantitative estimate of drug-likeness (QED) is 0.544. The van der Waals surface area contributed by atoms with Crippen molar-refractivity contribution >= 4 is 17.6 Å². The number of ether oxygens (including phenoxy) is 2. The lowest BCUT2D eigenvalue weighted by molar-refractivity contribution is -0.385. The molecule has 1 aromatic rings. The van der Waals surface area contributed by atoms with Crippen molar-refractivity contribution in [3.8, 4) is 11.5 Å². The second kappa shape index (κ2) is 6.73. The number of hydrogen-bond donors (Lipinski definition) is 2. The van der Waals surface area contributed by atoms with Gasteiger partial charge >= 0.3 is 5.97 Å². The predicted molar refractivity (Wildman–Crippen MR) is 82.5 cm³/mol. The molecule has 1 saturated carbocycles. The summed E-state index contributed by atoms with van der Waals surface area (Å²) < 4.78 is 10.4. The molecule has 0 saturated heterocycles. The van der Waals surface area contributed by atoms with Gasteiger partial charge in [-0.3, -0.25) is 19.7 Å². The average molecular weight is 338 g/mol. The number of benzene rings is 1. The molecule has 1 amide bonds. The number of carbonyl (C=O) groups is 2. The van der Waals surface area contributed by atoms with Crippen LogP contribution in [0.2, 0.25) is 0 Å². The maximum atomic E-state index is 12.3. The fraction of sp³-hybridized carbons (Fsp3) is 0.467. The number of rotatable bonds is 8. The normalized spacial score (nSPS) is 14.6. The molecule has 9 nitrogen and oxygen atoms in total. The van der Waals surface area contributed by atoms with E-state index in [2.05, 4.69) is 5.32 Å². The lowest BCUT2D eigenvalue weighted by atomic mass is 10.1. The number of carboxylic acids is 1. The third-order valence-corrected chi connectivity index (χ3v) is 3.92. The van der Waals surface area contributed by atoms with Gasteiger partial charge in [-0.1, -0.05) is 0 Å². The van der Waals surface area contributed by atoms with E-state index in [1.807, 2.05) is 0 Å². The fourth-order valence-corrected chi connectivity index (χ4v) is 2.27. The summed E-state index contributed by atoms with van der Waals surface area (Å²) in [7, 11) is 1.36. The first kappa shape index (κ1) is 17.5. The van der Waals surface area contributed by atoms with E-state index in [0.717, 1.165) is 6.07 Å². The van der Waals surface area contributed by atoms with Gasteiger partial charge in [0.05, 0.1) is 30.1 Å². The zero-order valence-electron chi connectivity index (χ0n) is 13.3. The second-order valence-corrected chi connectivity index (χ2v) is 5.48. The molecule has 1 aromatic carbocycles. The van der Waals surface area contributed by atoms with Crippen LogP contribution >= 0.6 is 0 Å². The molecule has 2 rings (SSSR count). The van der Waals surface area contributed by atoms with Gasteiger partial charge in [0.2, 0.25) is 0 Å². The van der Waals surface area contributed by atoms with Crippen molar-refractivity contribution in [1.29, 1.82) is 0 Å². The van der Waals surface area contributed by atoms with Crippen LogP contribution < -0.4 is 14.8 Å². The molecule has 2 N–H and O–H groups in total. The third-order valence-electron chi connectivity index (χ3n) is 3.92. The molecule has 0 bridgehead atoms. The zero-order chi connectivity index (χ0) is 17.9. The molecule has 1 aliphatic rings. The molecule has 0 radical (unpaired) electrons. The van der Waals surface area contributed by atoms with Crippen LogP contribution in [0.15, 0.2) is 12.1 Å². The van der Waals surface area contributed by atoms with E-state index in [0.29, 0.717) is 12.8 Å². The van der Waals surface area contributed by atoms with Gasteiger partial charge in [0.1, 0.15) is 5.56 Å². The van der Waals surface area contributed by atoms with E-state index in [1.54, 1.807) is 6.92 Å². The monoisotopic (exact) mass is 338 g/mol. The number of nitro groups is 1. The number of nitro benzene ring substituents is 1. The lowest BCUT2D eigenvalue weighted by Crippen LogP contribution is -2.34. The van der Waals surface area contributed by atoms with Gasteiger partial charge in [-0.15, -0.1) is 0 Å². The molecule has 0 aromatic heterocycles. The number of aliphatic carboxylic acids is 1. The number of methoxy groups -OCH3 is 1. The number of carboxylic acid groups (broad SMARTS) is 1. The molecule has 0 aliphatic heterocycles. The van der Waals surface area contributed by atoms with Gasteiger partial charge in [0.15, 0.2) is 11.5 Å². The summed E-state index contributed by atoms with van der Waals surface area (Å²) in [4.78, 5) is 34.0. The van der Waals surface area contributed by atoms with Crippen LogP contribution in [0.4, 0.5) is 5.69 Å². The van der Waals surface area contributed by atoms with E-state index in [4.69, 9.17) is 14.6 Å². The van der Waals surface area contributed by atoms with Crippen LogP contribution in [-0.4, -0.2) is 42.2 Å². The van der Waals surface area contributed by atoms with Gasteiger partial charge in [-0.25, -0.2) is 0 Å². The van der Waals surface area contributed by atoms with Gasteiger partial charge in [0, 0.05) is 12.6 Å². The average Bonchev–Trinajstić information content (AvgIpc) is 3.33. The zero-order valence-corrected chi connectivity index (χ0v) is 13.3. The van der Waals surface area contributed by atoms with E-state index in [9.17, 15) is 19.7 Å². The van der Waals surface area contributed by atoms with Crippen LogP contribution in [0, 0.1) is 15.5 Å². The van der Waals surface area contributed by atoms with Crippen molar-refractivity contribution < 1.29 is 29.1 Å². The van der Waals surface area contributed by atoms with E-state index in [1.165, 1.54) is 13.2 Å². The first-order chi connectivity index (χ1) is 11.3. The highest BCUT2D eigenvalue weighted by Crippen LogP contribution is 2.45. The summed E-state index contributed by atoms with van der Waals surface area (Å²) in [6, 6.07) is 2.35. The smallest absolute Gasteiger partial charge is 0.311 e. The second-order valence-electron chi connectivity index (χ2n) is 5.48. The van der Waals surface area contributed by atoms with Gasteiger partial charge < -0.3 is 19.9 Å². The Kier molecular flexibility index (Phi) is 4.91. The minimum Gasteiger partial charge on any atom is -0.493 e. The molecule has 130 valence electrons. The summed E-state index contributed by atoms with van der Waals surface area (Å²) in [5.41, 5.74) is -1.60. The predicted octanol–water partition coefficient (Wildman–Crippen LogP) is 1.60. The van der Waals surface area contributed by atoms with Crippen LogP contribution in [0.5, 0.6) is 11.5 Å². The third kappa shape index (κ3) is 3.39. The SMILES string of the molecule is CCOc1cc([N+](=O)[O-])c(C(=O)NCC2(C(=O)O)CC2)cc1OC. The maximum Gasteiger partial charge on any atom is 0.311 e. The summed E-state index contributed by atoms with van der Waals surface area (Å²) in [5.74, 6) is -1.36. The number of amides is 1. The van der Waals surface area contributed by atoms with Gasteiger partial charge in [-0.2, -0.15) is 0 Å². The Hall–Kier alpha value is -2.84. The highest BCUT2D eigenvalue weighted by Gasteiger charge is 2.50. The highest BCUT2D eigenvalue weighted by molar-refractivity contribution is 5.99. The first-order valence-corrected chi connectivity index (χ1v) is 7.35. The van der Waals surface area contributed by atoms with E-state index < -0.39 is 27.9 Å². The van der Waals surface area contributed by atoms with E-state index in [-0.39, 0.29) is 30.2 Å². The van der Waals surface area contributed by atoms with Crippen molar-refractivity contribution in [2.24, 2.45) is 5.41 Å². The largest absolute Gasteiger partial charge is 0.493 e. The van der Waals surface area contributed by atoms with Crippen molar-refractivity contribution in [2.45, 2.75) is 19.8 Å². The summed E-state index contributed by atoms with van der Waals surface area (Å²) in [6.45, 7) is 1.92. The standard InChI is InChI=1S/C15H18N2O7/c1-3-24-12-7-10(17(21)22)9(6-11(12)23-2)13(18)16-8-15(4-5-15)14(19)20/h6-7H,3-5,8H2,1-2H3,(H,16,18)(H,19,20). The van der Waals surface area contributed by atoms with Crippen molar-refractivity contribution in [1.82, 2.24) is 5.32 Å². The molecule has 24 heavy (non-hydrogen) atoms. The van der Waals surface area contributed by atoms with Gasteiger partial charge in [-0.05, 0) is 19.8 Å². The van der Waals surface area contributed by atoms with E-state index >= 15 is 0 Å². The van der Waals surface area contributed by atoms with Gasteiger partial charge in [0.25, 0.3) is 11.6 Å². The molecule has 1 fully saturated rings. The molecule has 0 unspecified atom stereocenters. The summed E-state index contributed by atoms with van der Waals surface area (Å²) >= 11 is 0. The van der Waals surface area contributed by atoms with Crippen LogP contribution in [-0.2, 0) is 4.79 Å². The molecule has 0 heterocycles. The molecule has 0 spiro atoms. The highest BCUT2D eigenvalue weighted by atomic mass is 16.6. The number of nitrogens with zero attached hydrogens (tertiary/aromatic N) is 1. The fourth-order valence-electron chi connectivity index (χ4n) is 2.27. The lowest BCUT2D eigenvalue weighted by Gasteiger charge is -2.13. The van der Waals surface area contributed by atoms with Crippen molar-refractivity contribution in [3.05, 3.63) is 27.8 Å². The molecule has 1 aliphatic carbocycles. The Balaban J connectivity index is 2.28. The summed E-state index contributed by atoms with van der Waals surface area (Å²) in [6.07, 6.45) is 0.939. The molecular weight excluding hydrogens is 320 g/mol. The Morgan fingerprint density at radius 2 is 2.04 bits per heavy atom. The topological polar surface area (TPSA) is 128 Å². The number of nitrogens with one attached hydrogen (secondary N) is 1.